The fourth-order valence-corrected chi connectivity index (χ4v) is 2.14. The molecule has 96 valence electrons. The Morgan fingerprint density at radius 2 is 2.17 bits per heavy atom. The van der Waals surface area contributed by atoms with E-state index in [1.807, 2.05) is 0 Å². The maximum absolute atomic E-state index is 13.0. The highest BCUT2D eigenvalue weighted by Gasteiger charge is 2.46. The van der Waals surface area contributed by atoms with E-state index >= 15 is 0 Å². The maximum Gasteiger partial charge on any atom is 0.586 e. The molecule has 3 rings (SSSR count). The second kappa shape index (κ2) is 3.55. The van der Waals surface area contributed by atoms with Crippen molar-refractivity contribution in [2.45, 2.75) is 18.8 Å². The van der Waals surface area contributed by atoms with Crippen LogP contribution in [0.5, 0.6) is 11.5 Å². The first kappa shape index (κ1) is 11.2. The molecule has 2 N–H and O–H groups in total. The van der Waals surface area contributed by atoms with Crippen LogP contribution in [-0.4, -0.2) is 24.8 Å². The predicted molar refractivity (Wildman–Crippen MR) is 57.6 cm³/mol. The molecular formula is C11H10F2N2O3. The molecule has 5 nitrogen and oxygen atoms in total. The summed E-state index contributed by atoms with van der Waals surface area (Å²) < 4.78 is 34.8. The summed E-state index contributed by atoms with van der Waals surface area (Å²) in [6, 6.07) is 4.12. The average molecular weight is 256 g/mol. The van der Waals surface area contributed by atoms with Crippen LogP contribution in [0.1, 0.15) is 6.42 Å². The highest BCUT2D eigenvalue weighted by atomic mass is 19.3. The molecule has 1 fully saturated rings. The smallest absolute Gasteiger partial charge is 0.395 e. The largest absolute Gasteiger partial charge is 0.586 e. The van der Waals surface area contributed by atoms with Crippen molar-refractivity contribution in [3.8, 4) is 11.5 Å². The number of alkyl halides is 2. The van der Waals surface area contributed by atoms with Crippen molar-refractivity contribution < 1.29 is 23.0 Å². The van der Waals surface area contributed by atoms with Crippen LogP contribution in [0.2, 0.25) is 0 Å². The van der Waals surface area contributed by atoms with Crippen LogP contribution >= 0.6 is 0 Å². The molecule has 0 aromatic heterocycles. The lowest BCUT2D eigenvalue weighted by molar-refractivity contribution is -0.286. The Bertz CT molecular complexity index is 521. The van der Waals surface area contributed by atoms with E-state index in [2.05, 4.69) is 9.47 Å². The summed E-state index contributed by atoms with van der Waals surface area (Å²) in [5, 5.41) is 0. The second-order valence-corrected chi connectivity index (χ2v) is 4.24. The summed E-state index contributed by atoms with van der Waals surface area (Å²) in [6.07, 6.45) is -3.50. The van der Waals surface area contributed by atoms with E-state index in [-0.39, 0.29) is 42.1 Å². The lowest BCUT2D eigenvalue weighted by Gasteiger charge is -2.17. The minimum Gasteiger partial charge on any atom is -0.395 e. The maximum atomic E-state index is 13.0. The number of rotatable bonds is 1. The van der Waals surface area contributed by atoms with Crippen molar-refractivity contribution in [2.75, 3.05) is 11.4 Å². The molecule has 1 unspecified atom stereocenters. The molecule has 0 radical (unpaired) electrons. The molecule has 2 heterocycles. The van der Waals surface area contributed by atoms with Crippen LogP contribution in [0.25, 0.3) is 0 Å². The van der Waals surface area contributed by atoms with Gasteiger partial charge in [-0.15, -0.1) is 8.78 Å². The number of hydrogen-bond acceptors (Lipinski definition) is 4. The minimum absolute atomic E-state index is 0.0780. The van der Waals surface area contributed by atoms with Gasteiger partial charge in [-0.2, -0.15) is 0 Å². The van der Waals surface area contributed by atoms with Crippen LogP contribution in [-0.2, 0) is 4.79 Å². The van der Waals surface area contributed by atoms with Crippen LogP contribution in [0.4, 0.5) is 14.5 Å². The summed E-state index contributed by atoms with van der Waals surface area (Å²) in [7, 11) is 0. The second-order valence-electron chi connectivity index (χ2n) is 4.24. The molecular weight excluding hydrogens is 246 g/mol. The molecule has 1 aromatic rings. The SMILES string of the molecule is NC1CC(=O)N(c2cccc3c2OC(F)(F)O3)C1. The Hall–Kier alpha value is -1.89. The molecule has 2 aliphatic rings. The standard InChI is InChI=1S/C11H10F2N2O3/c12-11(13)17-8-3-1-2-7(10(8)18-11)15-5-6(14)4-9(15)16/h1-3,6H,4-5,14H2. The summed E-state index contributed by atoms with van der Waals surface area (Å²) in [5.41, 5.74) is 5.93. The van der Waals surface area contributed by atoms with E-state index in [1.165, 1.54) is 23.1 Å². The molecule has 1 atom stereocenters. The third-order valence-electron chi connectivity index (χ3n) is 2.85. The van der Waals surface area contributed by atoms with E-state index in [1.54, 1.807) is 0 Å². The lowest BCUT2D eigenvalue weighted by Crippen LogP contribution is -2.29. The number of carbonyl (C=O) groups is 1. The Balaban J connectivity index is 2.01. The quantitative estimate of drug-likeness (QED) is 0.816. The van der Waals surface area contributed by atoms with Gasteiger partial charge in [-0.25, -0.2) is 0 Å². The van der Waals surface area contributed by atoms with Gasteiger partial charge in [0.05, 0.1) is 5.69 Å². The molecule has 0 spiro atoms. The third kappa shape index (κ3) is 1.67. The van der Waals surface area contributed by atoms with Crippen molar-refractivity contribution >= 4 is 11.6 Å². The van der Waals surface area contributed by atoms with E-state index < -0.39 is 6.29 Å². The van der Waals surface area contributed by atoms with Crippen LogP contribution in [0.15, 0.2) is 18.2 Å². The zero-order valence-corrected chi connectivity index (χ0v) is 9.23. The zero-order chi connectivity index (χ0) is 12.9. The van der Waals surface area contributed by atoms with Gasteiger partial charge in [0.2, 0.25) is 5.91 Å². The molecule has 7 heteroatoms. The Morgan fingerprint density at radius 1 is 1.39 bits per heavy atom. The summed E-state index contributed by atoms with van der Waals surface area (Å²) >= 11 is 0. The highest BCUT2D eigenvalue weighted by molar-refractivity contribution is 5.98. The van der Waals surface area contributed by atoms with Gasteiger partial charge in [0.15, 0.2) is 11.5 Å². The molecule has 0 saturated carbocycles. The van der Waals surface area contributed by atoms with Crippen molar-refractivity contribution in [3.63, 3.8) is 0 Å². The van der Waals surface area contributed by atoms with Gasteiger partial charge in [-0.1, -0.05) is 6.07 Å². The van der Waals surface area contributed by atoms with Crippen LogP contribution < -0.4 is 20.1 Å². The van der Waals surface area contributed by atoms with E-state index in [0.29, 0.717) is 0 Å². The molecule has 0 aliphatic carbocycles. The first-order valence-corrected chi connectivity index (χ1v) is 5.41. The fraction of sp³-hybridized carbons (Fsp3) is 0.364. The normalized spacial score (nSPS) is 24.7. The first-order valence-electron chi connectivity index (χ1n) is 5.41. The van der Waals surface area contributed by atoms with Gasteiger partial charge in [0.1, 0.15) is 0 Å². The number of fused-ring (bicyclic) bond motifs is 1. The number of nitrogens with zero attached hydrogens (tertiary/aromatic N) is 1. The number of benzene rings is 1. The molecule has 1 aromatic carbocycles. The third-order valence-corrected chi connectivity index (χ3v) is 2.85. The van der Waals surface area contributed by atoms with E-state index in [4.69, 9.17) is 5.73 Å². The number of anilines is 1. The lowest BCUT2D eigenvalue weighted by atomic mass is 10.2. The molecule has 2 aliphatic heterocycles. The minimum atomic E-state index is -3.69. The van der Waals surface area contributed by atoms with Gasteiger partial charge >= 0.3 is 6.29 Å². The van der Waals surface area contributed by atoms with Crippen molar-refractivity contribution in [3.05, 3.63) is 18.2 Å². The van der Waals surface area contributed by atoms with Crippen molar-refractivity contribution in [1.82, 2.24) is 0 Å². The highest BCUT2D eigenvalue weighted by Crippen LogP contribution is 2.47. The topological polar surface area (TPSA) is 64.8 Å². The fourth-order valence-electron chi connectivity index (χ4n) is 2.14. The van der Waals surface area contributed by atoms with Crippen LogP contribution in [0, 0.1) is 0 Å². The van der Waals surface area contributed by atoms with Crippen LogP contribution in [0.3, 0.4) is 0 Å². The number of para-hydroxylation sites is 1. The van der Waals surface area contributed by atoms with Gasteiger partial charge in [-0.3, -0.25) is 4.79 Å². The zero-order valence-electron chi connectivity index (χ0n) is 9.23. The number of nitrogens with two attached hydrogens (primary N) is 1. The first-order chi connectivity index (χ1) is 8.46. The molecule has 0 bridgehead atoms. The molecule has 18 heavy (non-hydrogen) atoms. The van der Waals surface area contributed by atoms with Gasteiger partial charge in [-0.05, 0) is 12.1 Å². The molecule has 1 amide bonds. The van der Waals surface area contributed by atoms with Gasteiger partial charge in [0.25, 0.3) is 0 Å². The Kier molecular flexibility index (Phi) is 2.21. The van der Waals surface area contributed by atoms with Gasteiger partial charge < -0.3 is 20.1 Å². The number of ether oxygens (including phenoxy) is 2. The van der Waals surface area contributed by atoms with Crippen molar-refractivity contribution in [1.29, 1.82) is 0 Å². The monoisotopic (exact) mass is 256 g/mol. The Labute approximate surface area is 101 Å². The Morgan fingerprint density at radius 3 is 2.83 bits per heavy atom. The number of halogens is 2. The average Bonchev–Trinajstić information content (AvgIpc) is 2.75. The summed E-state index contributed by atoms with van der Waals surface area (Å²) in [4.78, 5) is 13.0. The predicted octanol–water partition coefficient (Wildman–Crippen LogP) is 1.07. The van der Waals surface area contributed by atoms with E-state index in [0.717, 1.165) is 0 Å². The number of carbonyl (C=O) groups excluding carboxylic acids is 1. The number of hydrogen-bond donors (Lipinski definition) is 1. The van der Waals surface area contributed by atoms with Gasteiger partial charge in [0, 0.05) is 19.0 Å². The summed E-state index contributed by atoms with van der Waals surface area (Å²) in [5.74, 6) is -0.412. The number of amides is 1. The summed E-state index contributed by atoms with van der Waals surface area (Å²) in [6.45, 7) is 0.282. The van der Waals surface area contributed by atoms with Crippen molar-refractivity contribution in [2.24, 2.45) is 5.73 Å². The molecule has 1 saturated heterocycles. The van der Waals surface area contributed by atoms with E-state index in [9.17, 15) is 13.6 Å².